The first kappa shape index (κ1) is 10.9. The first-order valence-electron chi connectivity index (χ1n) is 5.82. The molecule has 0 aromatic carbocycles. The maximum absolute atomic E-state index is 11.9. The van der Waals surface area contributed by atoms with Gasteiger partial charge in [0.05, 0.1) is 6.10 Å². The summed E-state index contributed by atoms with van der Waals surface area (Å²) >= 11 is 0. The van der Waals surface area contributed by atoms with Crippen LogP contribution in [0.5, 0.6) is 0 Å². The Balaban J connectivity index is 2.01. The van der Waals surface area contributed by atoms with Gasteiger partial charge in [-0.3, -0.25) is 4.79 Å². The Bertz CT molecular complexity index is 241. The van der Waals surface area contributed by atoms with Crippen molar-refractivity contribution in [2.75, 3.05) is 0 Å². The second-order valence-electron chi connectivity index (χ2n) is 4.99. The third kappa shape index (κ3) is 2.16. The summed E-state index contributed by atoms with van der Waals surface area (Å²) in [4.78, 5) is 13.9. The normalized spacial score (nSPS) is 36.7. The van der Waals surface area contributed by atoms with E-state index in [0.717, 1.165) is 25.7 Å². The van der Waals surface area contributed by atoms with Gasteiger partial charge < -0.3 is 15.7 Å². The summed E-state index contributed by atoms with van der Waals surface area (Å²) in [5.41, 5.74) is 5.64. The zero-order chi connectivity index (χ0) is 11.0. The number of amides is 1. The van der Waals surface area contributed by atoms with Crippen LogP contribution in [-0.2, 0) is 4.79 Å². The Kier molecular flexibility index (Phi) is 2.98. The number of hydrogen-bond donors (Lipinski definition) is 2. The second-order valence-corrected chi connectivity index (χ2v) is 4.99. The molecule has 4 heteroatoms. The van der Waals surface area contributed by atoms with Crippen LogP contribution in [0.1, 0.15) is 39.0 Å². The maximum atomic E-state index is 11.9. The van der Waals surface area contributed by atoms with E-state index in [2.05, 4.69) is 0 Å². The summed E-state index contributed by atoms with van der Waals surface area (Å²) in [6.45, 7) is 1.86. The molecule has 0 spiro atoms. The molecule has 2 aliphatic rings. The third-order valence-electron chi connectivity index (χ3n) is 3.49. The van der Waals surface area contributed by atoms with Crippen molar-refractivity contribution in [3.05, 3.63) is 0 Å². The predicted molar refractivity (Wildman–Crippen MR) is 57.2 cm³/mol. The molecule has 15 heavy (non-hydrogen) atoms. The predicted octanol–water partition coefficient (Wildman–Crippen LogP) is 0.238. The minimum Gasteiger partial charge on any atom is -0.393 e. The summed E-state index contributed by atoms with van der Waals surface area (Å²) in [6.07, 6.45) is 3.83. The molecule has 2 bridgehead atoms. The van der Waals surface area contributed by atoms with Gasteiger partial charge in [-0.05, 0) is 32.6 Å². The van der Waals surface area contributed by atoms with E-state index in [-0.39, 0.29) is 30.1 Å². The van der Waals surface area contributed by atoms with Gasteiger partial charge in [0.2, 0.25) is 5.91 Å². The fraction of sp³-hybridized carbons (Fsp3) is 0.909. The molecule has 1 amide bonds. The van der Waals surface area contributed by atoms with Gasteiger partial charge in [0.25, 0.3) is 0 Å². The molecule has 0 saturated carbocycles. The van der Waals surface area contributed by atoms with Crippen molar-refractivity contribution in [2.45, 2.75) is 63.3 Å². The van der Waals surface area contributed by atoms with Gasteiger partial charge in [0.15, 0.2) is 0 Å². The number of carbonyl (C=O) groups excluding carboxylic acids is 1. The van der Waals surface area contributed by atoms with Crippen LogP contribution in [0.3, 0.4) is 0 Å². The minimum absolute atomic E-state index is 0.0660. The van der Waals surface area contributed by atoms with E-state index in [1.165, 1.54) is 0 Å². The van der Waals surface area contributed by atoms with Gasteiger partial charge in [-0.15, -0.1) is 0 Å². The summed E-state index contributed by atoms with van der Waals surface area (Å²) in [5, 5.41) is 9.61. The molecule has 2 fully saturated rings. The van der Waals surface area contributed by atoms with Crippen molar-refractivity contribution in [2.24, 2.45) is 5.73 Å². The molecule has 4 nitrogen and oxygen atoms in total. The number of hydrogen-bond acceptors (Lipinski definition) is 3. The van der Waals surface area contributed by atoms with Crippen LogP contribution in [0.4, 0.5) is 0 Å². The van der Waals surface area contributed by atoms with Crippen LogP contribution in [0, 0.1) is 0 Å². The number of carbonyl (C=O) groups is 1. The van der Waals surface area contributed by atoms with Crippen LogP contribution in [0.15, 0.2) is 0 Å². The van der Waals surface area contributed by atoms with E-state index in [0.29, 0.717) is 6.42 Å². The van der Waals surface area contributed by atoms with Gasteiger partial charge >= 0.3 is 0 Å². The zero-order valence-electron chi connectivity index (χ0n) is 9.22. The van der Waals surface area contributed by atoms with Crippen LogP contribution < -0.4 is 5.73 Å². The second kappa shape index (κ2) is 4.10. The Hall–Kier alpha value is -0.610. The average Bonchev–Trinajstić information content (AvgIpc) is 2.38. The lowest BCUT2D eigenvalue weighted by molar-refractivity contribution is -0.137. The Morgan fingerprint density at radius 3 is 2.47 bits per heavy atom. The lowest BCUT2D eigenvalue weighted by atomic mass is 9.99. The minimum atomic E-state index is -0.207. The number of piperidine rings is 1. The smallest absolute Gasteiger partial charge is 0.224 e. The third-order valence-corrected chi connectivity index (χ3v) is 3.49. The number of fused-ring (bicyclic) bond motifs is 2. The topological polar surface area (TPSA) is 66.6 Å². The molecule has 0 aromatic heterocycles. The largest absolute Gasteiger partial charge is 0.393 e. The number of aliphatic hydroxyl groups is 1. The van der Waals surface area contributed by atoms with Gasteiger partial charge in [-0.25, -0.2) is 0 Å². The standard InChI is InChI=1S/C11H20N2O2/c1-7(12)4-11(15)13-8-2-3-9(13)6-10(14)5-8/h7-10,14H,2-6,12H2,1H3. The highest BCUT2D eigenvalue weighted by atomic mass is 16.3. The monoisotopic (exact) mass is 212 g/mol. The number of aliphatic hydroxyl groups excluding tert-OH is 1. The quantitative estimate of drug-likeness (QED) is 0.689. The van der Waals surface area contributed by atoms with E-state index in [1.54, 1.807) is 0 Å². The molecule has 0 aliphatic carbocycles. The molecule has 3 N–H and O–H groups in total. The van der Waals surface area contributed by atoms with Crippen LogP contribution >= 0.6 is 0 Å². The molecule has 2 heterocycles. The Morgan fingerprint density at radius 1 is 1.47 bits per heavy atom. The highest BCUT2D eigenvalue weighted by Crippen LogP contribution is 2.36. The molecule has 2 aliphatic heterocycles. The van der Waals surface area contributed by atoms with Crippen molar-refractivity contribution in [3.8, 4) is 0 Å². The molecule has 3 unspecified atom stereocenters. The molecule has 0 radical (unpaired) electrons. The van der Waals surface area contributed by atoms with E-state index >= 15 is 0 Å². The number of nitrogens with two attached hydrogens (primary N) is 1. The van der Waals surface area contributed by atoms with Crippen LogP contribution in [-0.4, -0.2) is 40.1 Å². The molecule has 2 saturated heterocycles. The van der Waals surface area contributed by atoms with Crippen molar-refractivity contribution >= 4 is 5.91 Å². The molecular formula is C11H20N2O2. The highest BCUT2D eigenvalue weighted by molar-refractivity contribution is 5.78. The Labute approximate surface area is 90.4 Å². The number of nitrogens with zero attached hydrogens (tertiary/aromatic N) is 1. The van der Waals surface area contributed by atoms with Gasteiger partial charge in [-0.1, -0.05) is 0 Å². The van der Waals surface area contributed by atoms with Gasteiger partial charge in [-0.2, -0.15) is 0 Å². The zero-order valence-corrected chi connectivity index (χ0v) is 9.22. The summed E-state index contributed by atoms with van der Waals surface area (Å²) in [6, 6.07) is 0.471. The van der Waals surface area contributed by atoms with Crippen molar-refractivity contribution in [1.82, 2.24) is 4.90 Å². The fourth-order valence-electron chi connectivity index (χ4n) is 2.94. The molecule has 86 valence electrons. The highest BCUT2D eigenvalue weighted by Gasteiger charge is 2.42. The first-order chi connectivity index (χ1) is 7.08. The van der Waals surface area contributed by atoms with Gasteiger partial charge in [0, 0.05) is 24.5 Å². The lowest BCUT2D eigenvalue weighted by Gasteiger charge is -2.37. The fourth-order valence-corrected chi connectivity index (χ4v) is 2.94. The number of rotatable bonds is 2. The molecule has 2 rings (SSSR count). The first-order valence-corrected chi connectivity index (χ1v) is 5.82. The molecule has 3 atom stereocenters. The van der Waals surface area contributed by atoms with E-state index in [1.807, 2.05) is 11.8 Å². The van der Waals surface area contributed by atoms with Crippen molar-refractivity contribution < 1.29 is 9.90 Å². The lowest BCUT2D eigenvalue weighted by Crippen LogP contribution is -2.49. The van der Waals surface area contributed by atoms with Crippen molar-refractivity contribution in [3.63, 3.8) is 0 Å². The molecule has 0 aromatic rings. The SMILES string of the molecule is CC(N)CC(=O)N1C2CCC1CC(O)C2. The van der Waals surface area contributed by atoms with E-state index in [4.69, 9.17) is 5.73 Å². The van der Waals surface area contributed by atoms with Crippen molar-refractivity contribution in [1.29, 1.82) is 0 Å². The van der Waals surface area contributed by atoms with Gasteiger partial charge in [0.1, 0.15) is 0 Å². The molecular weight excluding hydrogens is 192 g/mol. The maximum Gasteiger partial charge on any atom is 0.224 e. The van der Waals surface area contributed by atoms with Crippen LogP contribution in [0.25, 0.3) is 0 Å². The van der Waals surface area contributed by atoms with Crippen LogP contribution in [0.2, 0.25) is 0 Å². The average molecular weight is 212 g/mol. The summed E-state index contributed by atoms with van der Waals surface area (Å²) in [7, 11) is 0. The summed E-state index contributed by atoms with van der Waals surface area (Å²) in [5.74, 6) is 0.171. The van der Waals surface area contributed by atoms with E-state index < -0.39 is 0 Å². The summed E-state index contributed by atoms with van der Waals surface area (Å²) < 4.78 is 0. The Morgan fingerprint density at radius 2 is 2.00 bits per heavy atom. The van der Waals surface area contributed by atoms with E-state index in [9.17, 15) is 9.90 Å².